The molecular weight excluding hydrogens is 290 g/mol. The third-order valence-electron chi connectivity index (χ3n) is 3.18. The van der Waals surface area contributed by atoms with Crippen LogP contribution in [-0.4, -0.2) is 5.91 Å². The molecule has 0 bridgehead atoms. The maximum absolute atomic E-state index is 11.3. The van der Waals surface area contributed by atoms with E-state index in [0.717, 1.165) is 18.5 Å². The second-order valence-electron chi connectivity index (χ2n) is 6.20. The number of alkyl halides is 1. The van der Waals surface area contributed by atoms with Gasteiger partial charge in [-0.15, -0.1) is 0 Å². The summed E-state index contributed by atoms with van der Waals surface area (Å²) in [5.74, 6) is 0.125. The zero-order chi connectivity index (χ0) is 13.3. The molecule has 1 atom stereocenters. The van der Waals surface area contributed by atoms with Crippen molar-refractivity contribution in [2.24, 2.45) is 5.41 Å². The smallest absolute Gasteiger partial charge is 0.224 e. The molecule has 2 nitrogen and oxygen atoms in total. The number of fused-ring (bicyclic) bond motifs is 1. The average Bonchev–Trinajstić information content (AvgIpc) is 2.26. The predicted molar refractivity (Wildman–Crippen MR) is 79.1 cm³/mol. The molecule has 0 aliphatic carbocycles. The van der Waals surface area contributed by atoms with Gasteiger partial charge in [0.1, 0.15) is 0 Å². The van der Waals surface area contributed by atoms with Crippen LogP contribution in [0.4, 0.5) is 5.69 Å². The van der Waals surface area contributed by atoms with Crippen molar-refractivity contribution in [1.82, 2.24) is 0 Å². The summed E-state index contributed by atoms with van der Waals surface area (Å²) >= 11 is 3.77. The average molecular weight is 310 g/mol. The van der Waals surface area contributed by atoms with Gasteiger partial charge >= 0.3 is 0 Å². The van der Waals surface area contributed by atoms with E-state index in [1.54, 1.807) is 0 Å². The Morgan fingerprint density at radius 3 is 2.72 bits per heavy atom. The van der Waals surface area contributed by atoms with E-state index in [0.29, 0.717) is 16.7 Å². The fraction of sp³-hybridized carbons (Fsp3) is 0.533. The van der Waals surface area contributed by atoms with Gasteiger partial charge < -0.3 is 5.32 Å². The van der Waals surface area contributed by atoms with Gasteiger partial charge in [0, 0.05) is 16.9 Å². The molecule has 0 fully saturated rings. The van der Waals surface area contributed by atoms with Crippen molar-refractivity contribution in [3.63, 3.8) is 0 Å². The van der Waals surface area contributed by atoms with Crippen molar-refractivity contribution >= 4 is 27.5 Å². The molecule has 18 heavy (non-hydrogen) atoms. The minimum absolute atomic E-state index is 0.125. The molecule has 1 heterocycles. The van der Waals surface area contributed by atoms with E-state index in [2.05, 4.69) is 54.2 Å². The van der Waals surface area contributed by atoms with Crippen LogP contribution >= 0.6 is 15.9 Å². The quantitative estimate of drug-likeness (QED) is 0.804. The highest BCUT2D eigenvalue weighted by atomic mass is 79.9. The molecule has 0 spiro atoms. The summed E-state index contributed by atoms with van der Waals surface area (Å²) in [6.07, 6.45) is 2.55. The van der Waals surface area contributed by atoms with Crippen molar-refractivity contribution in [2.45, 2.75) is 44.9 Å². The van der Waals surface area contributed by atoms with Gasteiger partial charge in [-0.05, 0) is 35.4 Å². The van der Waals surface area contributed by atoms with Crippen LogP contribution in [0.1, 0.15) is 49.6 Å². The Kier molecular flexibility index (Phi) is 3.81. The summed E-state index contributed by atoms with van der Waals surface area (Å²) < 4.78 is 0. The third kappa shape index (κ3) is 3.35. The molecule has 0 aromatic heterocycles. The van der Waals surface area contributed by atoms with E-state index in [1.807, 2.05) is 6.07 Å². The third-order valence-corrected chi connectivity index (χ3v) is 4.03. The number of rotatable bonds is 2. The van der Waals surface area contributed by atoms with Gasteiger partial charge in [0.25, 0.3) is 0 Å². The monoisotopic (exact) mass is 309 g/mol. The van der Waals surface area contributed by atoms with Gasteiger partial charge in [-0.2, -0.15) is 0 Å². The molecule has 2 rings (SSSR count). The summed E-state index contributed by atoms with van der Waals surface area (Å²) in [5.41, 5.74) is 3.84. The van der Waals surface area contributed by atoms with Crippen LogP contribution in [-0.2, 0) is 11.2 Å². The fourth-order valence-electron chi connectivity index (χ4n) is 2.25. The summed E-state index contributed by atoms with van der Waals surface area (Å²) in [7, 11) is 0. The maximum atomic E-state index is 11.3. The van der Waals surface area contributed by atoms with E-state index < -0.39 is 0 Å². The number of carbonyl (C=O) groups is 1. The van der Waals surface area contributed by atoms with Gasteiger partial charge in [-0.3, -0.25) is 4.79 Å². The number of halogens is 1. The lowest BCUT2D eigenvalue weighted by molar-refractivity contribution is -0.116. The summed E-state index contributed by atoms with van der Waals surface area (Å²) in [6, 6.07) is 6.36. The zero-order valence-electron chi connectivity index (χ0n) is 11.2. The van der Waals surface area contributed by atoms with Crippen molar-refractivity contribution in [1.29, 1.82) is 0 Å². The minimum atomic E-state index is 0.125. The lowest BCUT2D eigenvalue weighted by Crippen LogP contribution is -2.19. The van der Waals surface area contributed by atoms with Crippen LogP contribution in [0.2, 0.25) is 0 Å². The van der Waals surface area contributed by atoms with Gasteiger partial charge in [0.05, 0.1) is 0 Å². The number of nitrogens with one attached hydrogen (secondary N) is 1. The first-order chi connectivity index (χ1) is 8.35. The van der Waals surface area contributed by atoms with Crippen molar-refractivity contribution in [3.05, 3.63) is 29.3 Å². The Hall–Kier alpha value is -0.830. The minimum Gasteiger partial charge on any atom is -0.326 e. The lowest BCUT2D eigenvalue weighted by atomic mass is 9.88. The Labute approximate surface area is 117 Å². The maximum Gasteiger partial charge on any atom is 0.224 e. The second-order valence-corrected chi connectivity index (χ2v) is 7.30. The number of aryl methyl sites for hydroxylation is 1. The predicted octanol–water partition coefficient (Wildman–Crippen LogP) is 4.44. The Balaban J connectivity index is 2.18. The number of anilines is 1. The first kappa shape index (κ1) is 13.6. The highest BCUT2D eigenvalue weighted by Gasteiger charge is 2.20. The van der Waals surface area contributed by atoms with Crippen LogP contribution in [0.5, 0.6) is 0 Å². The summed E-state index contributed by atoms with van der Waals surface area (Å²) in [6.45, 7) is 6.75. The Morgan fingerprint density at radius 2 is 2.06 bits per heavy atom. The molecule has 1 aliphatic rings. The van der Waals surface area contributed by atoms with Crippen LogP contribution < -0.4 is 5.32 Å². The molecule has 0 saturated carbocycles. The van der Waals surface area contributed by atoms with Crippen LogP contribution in [0, 0.1) is 5.41 Å². The summed E-state index contributed by atoms with van der Waals surface area (Å²) in [5, 5.41) is 2.92. The second kappa shape index (κ2) is 5.04. The number of hydrogen-bond donors (Lipinski definition) is 1. The molecule has 1 unspecified atom stereocenters. The molecule has 1 aromatic carbocycles. The first-order valence-electron chi connectivity index (χ1n) is 6.42. The SMILES string of the molecule is CC(C)(C)CC(Br)c1ccc2c(c1)CCC(=O)N2. The van der Waals surface area contributed by atoms with Crippen LogP contribution in [0.25, 0.3) is 0 Å². The molecule has 1 N–H and O–H groups in total. The number of carbonyl (C=O) groups excluding carboxylic acids is 1. The highest BCUT2D eigenvalue weighted by Crippen LogP contribution is 2.37. The molecule has 3 heteroatoms. The standard InChI is InChI=1S/C15H20BrNO/c1-15(2,3)9-12(16)10-4-6-13-11(8-10)5-7-14(18)17-13/h4,6,8,12H,5,7,9H2,1-3H3,(H,17,18). The van der Waals surface area contributed by atoms with Crippen molar-refractivity contribution < 1.29 is 4.79 Å². The van der Waals surface area contributed by atoms with Crippen LogP contribution in [0.3, 0.4) is 0 Å². The van der Waals surface area contributed by atoms with Crippen molar-refractivity contribution in [3.8, 4) is 0 Å². The molecule has 1 aliphatic heterocycles. The van der Waals surface area contributed by atoms with Crippen molar-refractivity contribution in [2.75, 3.05) is 5.32 Å². The topological polar surface area (TPSA) is 29.1 Å². The number of amides is 1. The van der Waals surface area contributed by atoms with Gasteiger partial charge in [-0.1, -0.05) is 48.8 Å². The van der Waals surface area contributed by atoms with Gasteiger partial charge in [0.2, 0.25) is 5.91 Å². The van der Waals surface area contributed by atoms with E-state index in [9.17, 15) is 4.79 Å². The molecule has 98 valence electrons. The molecule has 1 aromatic rings. The number of hydrogen-bond acceptors (Lipinski definition) is 1. The summed E-state index contributed by atoms with van der Waals surface area (Å²) in [4.78, 5) is 11.7. The van der Waals surface area contributed by atoms with E-state index in [-0.39, 0.29) is 5.91 Å². The first-order valence-corrected chi connectivity index (χ1v) is 7.33. The van der Waals surface area contributed by atoms with Gasteiger partial charge in [-0.25, -0.2) is 0 Å². The van der Waals surface area contributed by atoms with Gasteiger partial charge in [0.15, 0.2) is 0 Å². The van der Waals surface area contributed by atoms with E-state index in [4.69, 9.17) is 0 Å². The van der Waals surface area contributed by atoms with E-state index in [1.165, 1.54) is 11.1 Å². The normalized spacial score (nSPS) is 17.0. The lowest BCUT2D eigenvalue weighted by Gasteiger charge is -2.24. The highest BCUT2D eigenvalue weighted by molar-refractivity contribution is 9.09. The number of benzene rings is 1. The zero-order valence-corrected chi connectivity index (χ0v) is 12.8. The largest absolute Gasteiger partial charge is 0.326 e. The Bertz CT molecular complexity index is 462. The molecule has 0 radical (unpaired) electrons. The molecular formula is C15H20BrNO. The molecule has 1 amide bonds. The van der Waals surface area contributed by atoms with E-state index >= 15 is 0 Å². The fourth-order valence-corrected chi connectivity index (χ4v) is 3.51. The molecule has 0 saturated heterocycles. The Morgan fingerprint density at radius 1 is 1.33 bits per heavy atom. The van der Waals surface area contributed by atoms with Crippen LogP contribution in [0.15, 0.2) is 18.2 Å².